The highest BCUT2D eigenvalue weighted by Gasteiger charge is 2.50. The number of aromatic nitrogens is 1. The van der Waals surface area contributed by atoms with Crippen LogP contribution in [0.15, 0.2) is 30.3 Å². The maximum absolute atomic E-state index is 13.9. The van der Waals surface area contributed by atoms with Crippen molar-refractivity contribution in [2.24, 2.45) is 0 Å². The van der Waals surface area contributed by atoms with Gasteiger partial charge < -0.3 is 9.64 Å². The van der Waals surface area contributed by atoms with Crippen molar-refractivity contribution in [1.29, 1.82) is 0 Å². The number of ether oxygens (including phenoxy) is 1. The lowest BCUT2D eigenvalue weighted by atomic mass is 9.96. The molecule has 2 saturated heterocycles. The molecule has 0 bridgehead atoms. The summed E-state index contributed by atoms with van der Waals surface area (Å²) in [5.41, 5.74) is 3.24. The quantitative estimate of drug-likeness (QED) is 0.876. The number of nitrogens with one attached hydrogen (secondary N) is 1. The third-order valence-corrected chi connectivity index (χ3v) is 5.84. The van der Waals surface area contributed by atoms with Crippen molar-refractivity contribution in [3.8, 4) is 16.9 Å². The Morgan fingerprint density at radius 3 is 2.82 bits per heavy atom. The summed E-state index contributed by atoms with van der Waals surface area (Å²) in [4.78, 5) is 19.1. The van der Waals surface area contributed by atoms with E-state index >= 15 is 0 Å². The summed E-state index contributed by atoms with van der Waals surface area (Å²) in [6, 6.07) is 9.00. The monoisotopic (exact) mass is 383 g/mol. The van der Waals surface area contributed by atoms with E-state index < -0.39 is 5.54 Å². The van der Waals surface area contributed by atoms with E-state index in [1.165, 1.54) is 6.07 Å². The van der Waals surface area contributed by atoms with Crippen molar-refractivity contribution in [2.75, 3.05) is 20.2 Å². The smallest absolute Gasteiger partial charge is 0.242 e. The third-order valence-electron chi connectivity index (χ3n) is 5.84. The number of nitrogens with zero attached hydrogens (tertiary/aromatic N) is 2. The minimum atomic E-state index is -0.441. The molecule has 3 heterocycles. The highest BCUT2D eigenvalue weighted by Crippen LogP contribution is 2.39. The molecule has 1 spiro atoms. The van der Waals surface area contributed by atoms with Crippen LogP contribution in [-0.4, -0.2) is 41.5 Å². The Morgan fingerprint density at radius 1 is 1.29 bits per heavy atom. The van der Waals surface area contributed by atoms with E-state index in [9.17, 15) is 9.18 Å². The summed E-state index contributed by atoms with van der Waals surface area (Å²) >= 11 is 0. The molecule has 0 radical (unpaired) electrons. The van der Waals surface area contributed by atoms with Gasteiger partial charge in [-0.1, -0.05) is 6.07 Å². The van der Waals surface area contributed by atoms with E-state index in [-0.39, 0.29) is 23.5 Å². The number of halogens is 1. The number of benzene rings is 1. The van der Waals surface area contributed by atoms with Gasteiger partial charge in [-0.15, -0.1) is 0 Å². The zero-order valence-corrected chi connectivity index (χ0v) is 16.6. The Hall–Kier alpha value is -2.47. The fourth-order valence-electron chi connectivity index (χ4n) is 4.38. The lowest BCUT2D eigenvalue weighted by molar-refractivity contribution is -0.131. The van der Waals surface area contributed by atoms with Gasteiger partial charge in [-0.2, -0.15) is 0 Å². The maximum Gasteiger partial charge on any atom is 0.242 e. The number of likely N-dealkylation sites (N-methyl/N-ethyl adjacent to an activating group) is 1. The summed E-state index contributed by atoms with van der Waals surface area (Å²) in [5.74, 6) is 0.0798. The first kappa shape index (κ1) is 18.9. The summed E-state index contributed by atoms with van der Waals surface area (Å²) < 4.78 is 19.3. The van der Waals surface area contributed by atoms with Crippen LogP contribution >= 0.6 is 0 Å². The van der Waals surface area contributed by atoms with E-state index in [0.29, 0.717) is 6.61 Å². The van der Waals surface area contributed by atoms with Crippen LogP contribution in [-0.2, 0) is 4.79 Å². The highest BCUT2D eigenvalue weighted by atomic mass is 19.1. The number of hydrogen-bond acceptors (Lipinski definition) is 4. The second kappa shape index (κ2) is 7.17. The Kier molecular flexibility index (Phi) is 4.83. The van der Waals surface area contributed by atoms with Gasteiger partial charge in [-0.05, 0) is 68.5 Å². The van der Waals surface area contributed by atoms with Crippen LogP contribution in [0.5, 0.6) is 5.75 Å². The van der Waals surface area contributed by atoms with E-state index in [1.807, 2.05) is 33.0 Å². The van der Waals surface area contributed by atoms with Crippen molar-refractivity contribution in [3.05, 3.63) is 47.5 Å². The van der Waals surface area contributed by atoms with Gasteiger partial charge in [0.25, 0.3) is 0 Å². The molecule has 1 aromatic heterocycles. The molecule has 2 aliphatic heterocycles. The molecule has 28 heavy (non-hydrogen) atoms. The third kappa shape index (κ3) is 3.26. The second-order valence-corrected chi connectivity index (χ2v) is 7.79. The van der Waals surface area contributed by atoms with E-state index in [2.05, 4.69) is 5.32 Å². The SMILES string of the molecule is CCOc1cc(-c2cc(C)nc([C@@H]3CC[C@]4(CCN(C)C4=O)N3)c2)ccc1F. The van der Waals surface area contributed by atoms with Gasteiger partial charge in [-0.3, -0.25) is 15.1 Å². The summed E-state index contributed by atoms with van der Waals surface area (Å²) in [7, 11) is 1.86. The molecular weight excluding hydrogens is 357 g/mol. The van der Waals surface area contributed by atoms with Gasteiger partial charge in [-0.25, -0.2) is 4.39 Å². The molecule has 5 nitrogen and oxygen atoms in total. The van der Waals surface area contributed by atoms with E-state index in [0.717, 1.165) is 48.3 Å². The predicted molar refractivity (Wildman–Crippen MR) is 106 cm³/mol. The number of rotatable bonds is 4. The van der Waals surface area contributed by atoms with Crippen molar-refractivity contribution in [2.45, 2.75) is 44.7 Å². The minimum Gasteiger partial charge on any atom is -0.491 e. The van der Waals surface area contributed by atoms with Crippen molar-refractivity contribution >= 4 is 5.91 Å². The van der Waals surface area contributed by atoms with Gasteiger partial charge in [0, 0.05) is 19.3 Å². The molecule has 2 atom stereocenters. The number of carbonyl (C=O) groups is 1. The Balaban J connectivity index is 1.64. The van der Waals surface area contributed by atoms with Crippen LogP contribution in [0, 0.1) is 12.7 Å². The first-order valence-electron chi connectivity index (χ1n) is 9.86. The number of likely N-dealkylation sites (tertiary alicyclic amines) is 1. The largest absolute Gasteiger partial charge is 0.491 e. The van der Waals surface area contributed by atoms with E-state index in [4.69, 9.17) is 9.72 Å². The minimum absolute atomic E-state index is 0.0425. The fraction of sp³-hybridized carbons (Fsp3) is 0.455. The molecule has 0 unspecified atom stereocenters. The number of amides is 1. The van der Waals surface area contributed by atoms with Crippen molar-refractivity contribution in [3.63, 3.8) is 0 Å². The summed E-state index contributed by atoms with van der Waals surface area (Å²) in [6.07, 6.45) is 2.55. The molecule has 2 fully saturated rings. The topological polar surface area (TPSA) is 54.5 Å². The van der Waals surface area contributed by atoms with Crippen LogP contribution in [0.25, 0.3) is 11.1 Å². The Morgan fingerprint density at radius 2 is 2.11 bits per heavy atom. The average Bonchev–Trinajstić information content (AvgIpc) is 3.23. The maximum atomic E-state index is 13.9. The number of hydrogen-bond donors (Lipinski definition) is 1. The van der Waals surface area contributed by atoms with Crippen LogP contribution < -0.4 is 10.1 Å². The van der Waals surface area contributed by atoms with Gasteiger partial charge >= 0.3 is 0 Å². The van der Waals surface area contributed by atoms with Crippen LogP contribution in [0.2, 0.25) is 0 Å². The zero-order chi connectivity index (χ0) is 19.9. The van der Waals surface area contributed by atoms with Gasteiger partial charge in [0.1, 0.15) is 5.54 Å². The molecule has 4 rings (SSSR count). The van der Waals surface area contributed by atoms with Crippen molar-refractivity contribution in [1.82, 2.24) is 15.2 Å². The van der Waals surface area contributed by atoms with Gasteiger partial charge in [0.2, 0.25) is 5.91 Å². The Bertz CT molecular complexity index is 917. The standard InChI is InChI=1S/C22H26FN3O2/c1-4-28-20-13-15(5-6-17(20)23)16-11-14(2)24-19(12-16)18-7-8-22(25-18)9-10-26(3)21(22)27/h5-6,11-13,18,25H,4,7-10H2,1-3H3/t18-,22+/m0/s1. The van der Waals surface area contributed by atoms with Gasteiger partial charge in [0.05, 0.1) is 18.3 Å². The van der Waals surface area contributed by atoms with Crippen LogP contribution in [0.1, 0.15) is 43.6 Å². The lowest BCUT2D eigenvalue weighted by Crippen LogP contribution is -2.47. The first-order valence-corrected chi connectivity index (χ1v) is 9.86. The number of pyridine rings is 1. The molecule has 2 aromatic rings. The molecule has 1 N–H and O–H groups in total. The number of carbonyl (C=O) groups excluding carboxylic acids is 1. The predicted octanol–water partition coefficient (Wildman–Crippen LogP) is 3.62. The average molecular weight is 383 g/mol. The first-order chi connectivity index (χ1) is 13.4. The van der Waals surface area contributed by atoms with Crippen LogP contribution in [0.4, 0.5) is 4.39 Å². The second-order valence-electron chi connectivity index (χ2n) is 7.79. The molecule has 0 saturated carbocycles. The fourth-order valence-corrected chi connectivity index (χ4v) is 4.38. The van der Waals surface area contributed by atoms with E-state index in [1.54, 1.807) is 17.0 Å². The molecule has 6 heteroatoms. The number of aryl methyl sites for hydroxylation is 1. The summed E-state index contributed by atoms with van der Waals surface area (Å²) in [5, 5.41) is 3.57. The van der Waals surface area contributed by atoms with Gasteiger partial charge in [0.15, 0.2) is 11.6 Å². The molecule has 0 aliphatic carbocycles. The zero-order valence-electron chi connectivity index (χ0n) is 16.6. The molecule has 2 aliphatic rings. The lowest BCUT2D eigenvalue weighted by Gasteiger charge is -2.23. The van der Waals surface area contributed by atoms with Crippen LogP contribution in [0.3, 0.4) is 0 Å². The van der Waals surface area contributed by atoms with Crippen molar-refractivity contribution < 1.29 is 13.9 Å². The normalized spacial score (nSPS) is 24.4. The molecule has 148 valence electrons. The highest BCUT2D eigenvalue weighted by molar-refractivity contribution is 5.88. The molecular formula is C22H26FN3O2. The molecule has 1 amide bonds. The Labute approximate surface area is 164 Å². The molecule has 1 aromatic carbocycles. The summed E-state index contributed by atoms with van der Waals surface area (Å²) in [6.45, 7) is 5.00.